The summed E-state index contributed by atoms with van der Waals surface area (Å²) < 4.78 is 31.0. The minimum atomic E-state index is -3.57. The molecule has 0 N–H and O–H groups in total. The molecule has 0 amide bonds. The first kappa shape index (κ1) is 16.2. The molecule has 6 nitrogen and oxygen atoms in total. The Balaban J connectivity index is 2.36. The summed E-state index contributed by atoms with van der Waals surface area (Å²) in [6.45, 7) is 1.74. The van der Waals surface area contributed by atoms with Gasteiger partial charge in [-0.2, -0.15) is 0 Å². The highest BCUT2D eigenvalue weighted by atomic mass is 32.2. The zero-order valence-corrected chi connectivity index (χ0v) is 14.3. The maximum Gasteiger partial charge on any atom is 0.338 e. The van der Waals surface area contributed by atoms with E-state index in [0.717, 1.165) is 17.3 Å². The first-order valence-electron chi connectivity index (χ1n) is 7.18. The molecule has 0 aliphatic heterocycles. The van der Waals surface area contributed by atoms with Crippen molar-refractivity contribution in [3.8, 4) is 5.69 Å². The molecule has 7 heteroatoms. The molecular weight excluding hydrogens is 328 g/mol. The number of sulfone groups is 1. The van der Waals surface area contributed by atoms with Crippen LogP contribution in [-0.4, -0.2) is 37.3 Å². The van der Waals surface area contributed by atoms with Crippen molar-refractivity contribution in [2.24, 2.45) is 0 Å². The summed E-state index contributed by atoms with van der Waals surface area (Å²) in [4.78, 5) is 16.2. The van der Waals surface area contributed by atoms with Crippen LogP contribution in [-0.2, 0) is 14.6 Å². The molecule has 0 atom stereocenters. The Morgan fingerprint density at radius 3 is 2.58 bits per heavy atom. The van der Waals surface area contributed by atoms with Gasteiger partial charge in [0.05, 0.1) is 34.3 Å². The van der Waals surface area contributed by atoms with Crippen molar-refractivity contribution in [2.45, 2.75) is 11.8 Å². The highest BCUT2D eigenvalue weighted by molar-refractivity contribution is 7.90. The molecule has 0 aliphatic carbocycles. The van der Waals surface area contributed by atoms with Crippen LogP contribution >= 0.6 is 0 Å². The fourth-order valence-electron chi connectivity index (χ4n) is 2.64. The molecule has 0 unspecified atom stereocenters. The first-order valence-corrected chi connectivity index (χ1v) is 9.07. The summed E-state index contributed by atoms with van der Waals surface area (Å²) in [5.41, 5.74) is 2.85. The van der Waals surface area contributed by atoms with Gasteiger partial charge in [-0.15, -0.1) is 0 Å². The second-order valence-electron chi connectivity index (χ2n) is 5.50. The SMILES string of the molecule is COC(=O)c1cc(S(C)(=O)=O)c(-n2cnc3ccccc32)cc1C. The monoisotopic (exact) mass is 344 g/mol. The summed E-state index contributed by atoms with van der Waals surface area (Å²) in [6, 6.07) is 10.5. The van der Waals surface area contributed by atoms with Crippen LogP contribution in [0.4, 0.5) is 0 Å². The maximum absolute atomic E-state index is 12.3. The van der Waals surface area contributed by atoms with E-state index in [1.54, 1.807) is 23.9 Å². The van der Waals surface area contributed by atoms with Crippen molar-refractivity contribution in [3.63, 3.8) is 0 Å². The van der Waals surface area contributed by atoms with E-state index in [1.807, 2.05) is 24.3 Å². The number of fused-ring (bicyclic) bond motifs is 1. The summed E-state index contributed by atoms with van der Waals surface area (Å²) in [7, 11) is -2.30. The van der Waals surface area contributed by atoms with Gasteiger partial charge in [-0.1, -0.05) is 12.1 Å². The third-order valence-electron chi connectivity index (χ3n) is 3.82. The number of nitrogens with zero attached hydrogens (tertiary/aromatic N) is 2. The van der Waals surface area contributed by atoms with Crippen molar-refractivity contribution in [1.29, 1.82) is 0 Å². The number of imidazole rings is 1. The predicted molar refractivity (Wildman–Crippen MR) is 90.3 cm³/mol. The Morgan fingerprint density at radius 1 is 1.21 bits per heavy atom. The number of rotatable bonds is 3. The molecule has 0 aliphatic rings. The second-order valence-corrected chi connectivity index (χ2v) is 7.49. The van der Waals surface area contributed by atoms with Gasteiger partial charge in [0.15, 0.2) is 9.84 Å². The van der Waals surface area contributed by atoms with E-state index in [9.17, 15) is 13.2 Å². The number of aromatic nitrogens is 2. The molecule has 0 fully saturated rings. The topological polar surface area (TPSA) is 78.3 Å². The van der Waals surface area contributed by atoms with Gasteiger partial charge in [-0.05, 0) is 36.8 Å². The van der Waals surface area contributed by atoms with Crippen LogP contribution < -0.4 is 0 Å². The van der Waals surface area contributed by atoms with Gasteiger partial charge in [0.1, 0.15) is 6.33 Å². The molecule has 0 saturated carbocycles. The lowest BCUT2D eigenvalue weighted by atomic mass is 10.1. The molecule has 1 heterocycles. The molecular formula is C17H16N2O4S. The Bertz CT molecular complexity index is 1050. The number of aryl methyl sites for hydroxylation is 1. The minimum absolute atomic E-state index is 0.0525. The molecule has 3 rings (SSSR count). The Labute approximate surface area is 139 Å². The molecule has 1 aromatic heterocycles. The fraction of sp³-hybridized carbons (Fsp3) is 0.176. The standard InChI is InChI=1S/C17H16N2O4S/c1-11-8-15(19-10-18-13-6-4-5-7-14(13)19)16(24(3,21)22)9-12(11)17(20)23-2/h4-10H,1-3H3. The Kier molecular flexibility index (Phi) is 3.88. The largest absolute Gasteiger partial charge is 0.465 e. The van der Waals surface area contributed by atoms with E-state index in [-0.39, 0.29) is 10.5 Å². The van der Waals surface area contributed by atoms with E-state index in [0.29, 0.717) is 11.3 Å². The van der Waals surface area contributed by atoms with E-state index in [2.05, 4.69) is 4.98 Å². The molecule has 124 valence electrons. The summed E-state index contributed by atoms with van der Waals surface area (Å²) in [5, 5.41) is 0. The number of methoxy groups -OCH3 is 1. The lowest BCUT2D eigenvalue weighted by molar-refractivity contribution is 0.0599. The lowest BCUT2D eigenvalue weighted by Gasteiger charge is -2.14. The van der Waals surface area contributed by atoms with Gasteiger partial charge >= 0.3 is 5.97 Å². The van der Waals surface area contributed by atoms with Crippen LogP contribution in [0.2, 0.25) is 0 Å². The van der Waals surface area contributed by atoms with Gasteiger partial charge in [-0.3, -0.25) is 4.57 Å². The second kappa shape index (κ2) is 5.76. The van der Waals surface area contributed by atoms with Crippen molar-refractivity contribution < 1.29 is 17.9 Å². The summed E-state index contributed by atoms with van der Waals surface area (Å²) in [5.74, 6) is -0.570. The zero-order valence-electron chi connectivity index (χ0n) is 13.5. The number of benzene rings is 2. The van der Waals surface area contributed by atoms with Gasteiger partial charge in [0.2, 0.25) is 0 Å². The van der Waals surface area contributed by atoms with Gasteiger partial charge < -0.3 is 4.74 Å². The highest BCUT2D eigenvalue weighted by Gasteiger charge is 2.21. The summed E-state index contributed by atoms with van der Waals surface area (Å²) in [6.07, 6.45) is 2.69. The third kappa shape index (κ3) is 2.67. The lowest BCUT2D eigenvalue weighted by Crippen LogP contribution is -2.11. The van der Waals surface area contributed by atoms with Crippen LogP contribution in [0.1, 0.15) is 15.9 Å². The van der Waals surface area contributed by atoms with Crippen molar-refractivity contribution in [1.82, 2.24) is 9.55 Å². The molecule has 3 aromatic rings. The van der Waals surface area contributed by atoms with Crippen molar-refractivity contribution in [3.05, 3.63) is 53.9 Å². The van der Waals surface area contributed by atoms with E-state index < -0.39 is 15.8 Å². The normalized spacial score (nSPS) is 11.6. The number of hydrogen-bond acceptors (Lipinski definition) is 5. The van der Waals surface area contributed by atoms with E-state index in [4.69, 9.17) is 4.74 Å². The Morgan fingerprint density at radius 2 is 1.92 bits per heavy atom. The van der Waals surface area contributed by atoms with E-state index in [1.165, 1.54) is 13.2 Å². The van der Waals surface area contributed by atoms with Crippen LogP contribution in [0.5, 0.6) is 0 Å². The zero-order chi connectivity index (χ0) is 17.5. The molecule has 24 heavy (non-hydrogen) atoms. The molecule has 0 saturated heterocycles. The molecule has 0 radical (unpaired) electrons. The van der Waals surface area contributed by atoms with E-state index >= 15 is 0 Å². The molecule has 0 bridgehead atoms. The van der Waals surface area contributed by atoms with Crippen molar-refractivity contribution in [2.75, 3.05) is 13.4 Å². The highest BCUT2D eigenvalue weighted by Crippen LogP contribution is 2.28. The third-order valence-corrected chi connectivity index (χ3v) is 4.95. The number of esters is 1. The predicted octanol–water partition coefficient (Wildman–Crippen LogP) is 2.52. The molecule has 0 spiro atoms. The van der Waals surface area contributed by atoms with Gasteiger partial charge in [-0.25, -0.2) is 18.2 Å². The smallest absolute Gasteiger partial charge is 0.338 e. The minimum Gasteiger partial charge on any atom is -0.465 e. The average molecular weight is 344 g/mol. The van der Waals surface area contributed by atoms with Crippen LogP contribution in [0.3, 0.4) is 0 Å². The number of ether oxygens (including phenoxy) is 1. The van der Waals surface area contributed by atoms with Crippen LogP contribution in [0.25, 0.3) is 16.7 Å². The fourth-order valence-corrected chi connectivity index (χ4v) is 3.51. The van der Waals surface area contributed by atoms with Gasteiger partial charge in [0.25, 0.3) is 0 Å². The first-order chi connectivity index (χ1) is 11.3. The van der Waals surface area contributed by atoms with Crippen LogP contribution in [0.15, 0.2) is 47.6 Å². The average Bonchev–Trinajstić information content (AvgIpc) is 2.96. The Hall–Kier alpha value is -2.67. The maximum atomic E-state index is 12.3. The summed E-state index contributed by atoms with van der Waals surface area (Å²) >= 11 is 0. The van der Waals surface area contributed by atoms with Gasteiger partial charge in [0, 0.05) is 6.26 Å². The quantitative estimate of drug-likeness (QED) is 0.682. The molecule has 2 aromatic carbocycles. The number of hydrogen-bond donors (Lipinski definition) is 0. The number of carbonyl (C=O) groups excluding carboxylic acids is 1. The number of para-hydroxylation sites is 2. The number of carbonyl (C=O) groups is 1. The van der Waals surface area contributed by atoms with Crippen LogP contribution in [0, 0.1) is 6.92 Å². The van der Waals surface area contributed by atoms with Crippen molar-refractivity contribution >= 4 is 26.8 Å².